The smallest absolute Gasteiger partial charge is 0.143 e. The summed E-state index contributed by atoms with van der Waals surface area (Å²) in [5.74, 6) is 0. The molecule has 1 heterocycles. The molecule has 0 spiro atoms. The second-order valence-electron chi connectivity index (χ2n) is 13.6. The van der Waals surface area contributed by atoms with Crippen LogP contribution in [-0.4, -0.2) is 0 Å². The van der Waals surface area contributed by atoms with E-state index in [2.05, 4.69) is 182 Å². The molecule has 0 unspecified atom stereocenters. The van der Waals surface area contributed by atoms with Gasteiger partial charge in [-0.2, -0.15) is 0 Å². The van der Waals surface area contributed by atoms with Gasteiger partial charge in [0.05, 0.1) is 0 Å². The predicted molar refractivity (Wildman–Crippen MR) is 218 cm³/mol. The minimum absolute atomic E-state index is 0.925. The van der Waals surface area contributed by atoms with E-state index in [1.165, 1.54) is 87.2 Å². The third-order valence-electron chi connectivity index (χ3n) is 10.8. The Morgan fingerprint density at radius 1 is 0.294 bits per heavy atom. The number of fused-ring (bicyclic) bond motifs is 10. The van der Waals surface area contributed by atoms with Crippen molar-refractivity contribution in [3.63, 3.8) is 0 Å². The summed E-state index contributed by atoms with van der Waals surface area (Å²) in [5.41, 5.74) is 9.24. The fourth-order valence-corrected chi connectivity index (χ4v) is 8.53. The highest BCUT2D eigenvalue weighted by atomic mass is 16.3. The van der Waals surface area contributed by atoms with Gasteiger partial charge in [-0.1, -0.05) is 158 Å². The van der Waals surface area contributed by atoms with E-state index in [1.807, 2.05) is 0 Å². The maximum atomic E-state index is 6.63. The van der Waals surface area contributed by atoms with Crippen molar-refractivity contribution in [1.82, 2.24) is 0 Å². The lowest BCUT2D eigenvalue weighted by molar-refractivity contribution is 0.673. The highest BCUT2D eigenvalue weighted by Crippen LogP contribution is 2.46. The van der Waals surface area contributed by atoms with Gasteiger partial charge in [0.15, 0.2) is 0 Å². The van der Waals surface area contributed by atoms with Crippen LogP contribution in [0.15, 0.2) is 186 Å². The van der Waals surface area contributed by atoms with Crippen LogP contribution in [0.2, 0.25) is 0 Å². The normalized spacial score (nSPS) is 11.9. The fraction of sp³-hybridized carbons (Fsp3) is 0. The summed E-state index contributed by atoms with van der Waals surface area (Å²) in [6.07, 6.45) is 0. The molecule has 0 saturated carbocycles. The van der Waals surface area contributed by atoms with Gasteiger partial charge in [-0.3, -0.25) is 0 Å². The minimum atomic E-state index is 0.925. The standard InChI is InChI=1S/C50H30O/c1-3-16-37-31(11-1)13-10-22-39(37)48-42-20-7-5-18-40(42)47(41-19-6-8-21-43(41)48)36-15-9-14-34(29-36)35-24-23-33-25-27-44-49-38-17-4-2-12-32(38)26-28-46(49)51-50(44)45(33)30-35/h1-30H. The van der Waals surface area contributed by atoms with Crippen molar-refractivity contribution >= 4 is 75.8 Å². The summed E-state index contributed by atoms with van der Waals surface area (Å²) in [4.78, 5) is 0. The average Bonchev–Trinajstić information content (AvgIpc) is 3.60. The molecule has 0 aliphatic heterocycles. The summed E-state index contributed by atoms with van der Waals surface area (Å²) < 4.78 is 6.63. The molecule has 236 valence electrons. The quantitative estimate of drug-likeness (QED) is 0.174. The van der Waals surface area contributed by atoms with Crippen LogP contribution in [0.5, 0.6) is 0 Å². The van der Waals surface area contributed by atoms with E-state index in [0.717, 1.165) is 21.9 Å². The first kappa shape index (κ1) is 28.2. The Morgan fingerprint density at radius 2 is 0.824 bits per heavy atom. The topological polar surface area (TPSA) is 13.1 Å². The molecule has 0 N–H and O–H groups in total. The van der Waals surface area contributed by atoms with Crippen molar-refractivity contribution in [2.45, 2.75) is 0 Å². The molecule has 0 atom stereocenters. The Labute approximate surface area is 294 Å². The molecule has 0 aliphatic carbocycles. The lowest BCUT2D eigenvalue weighted by Gasteiger charge is -2.19. The second kappa shape index (κ2) is 10.9. The van der Waals surface area contributed by atoms with Crippen LogP contribution in [-0.2, 0) is 0 Å². The van der Waals surface area contributed by atoms with Crippen LogP contribution in [0, 0.1) is 0 Å². The molecule has 10 aromatic carbocycles. The van der Waals surface area contributed by atoms with E-state index in [4.69, 9.17) is 4.42 Å². The summed E-state index contributed by atoms with van der Waals surface area (Å²) in [6, 6.07) is 66.3. The molecule has 11 rings (SSSR count). The van der Waals surface area contributed by atoms with E-state index in [-0.39, 0.29) is 0 Å². The van der Waals surface area contributed by atoms with Crippen LogP contribution in [0.3, 0.4) is 0 Å². The first-order chi connectivity index (χ1) is 25.3. The van der Waals surface area contributed by atoms with Crippen LogP contribution >= 0.6 is 0 Å². The third kappa shape index (κ3) is 4.22. The summed E-state index contributed by atoms with van der Waals surface area (Å²) in [7, 11) is 0. The van der Waals surface area contributed by atoms with E-state index in [0.29, 0.717) is 0 Å². The number of furan rings is 1. The lowest BCUT2D eigenvalue weighted by Crippen LogP contribution is -1.92. The van der Waals surface area contributed by atoms with Gasteiger partial charge >= 0.3 is 0 Å². The molecule has 0 amide bonds. The average molecular weight is 647 g/mol. The monoisotopic (exact) mass is 646 g/mol. The van der Waals surface area contributed by atoms with Gasteiger partial charge in [0.1, 0.15) is 11.2 Å². The molecular weight excluding hydrogens is 617 g/mol. The SMILES string of the molecule is c1cc(-c2ccc3ccc4c(oc5ccc6ccccc6c54)c3c2)cc(-c2c3ccccc3c(-c3cccc4ccccc34)c3ccccc23)c1. The van der Waals surface area contributed by atoms with Gasteiger partial charge in [0, 0.05) is 16.2 Å². The highest BCUT2D eigenvalue weighted by molar-refractivity contribution is 6.25. The van der Waals surface area contributed by atoms with Crippen LogP contribution in [0.1, 0.15) is 0 Å². The zero-order valence-electron chi connectivity index (χ0n) is 27.7. The number of hydrogen-bond donors (Lipinski definition) is 0. The first-order valence-corrected chi connectivity index (χ1v) is 17.6. The van der Waals surface area contributed by atoms with E-state index < -0.39 is 0 Å². The van der Waals surface area contributed by atoms with Gasteiger partial charge in [-0.25, -0.2) is 0 Å². The molecule has 0 saturated heterocycles. The Hall–Kier alpha value is -6.70. The van der Waals surface area contributed by atoms with Gasteiger partial charge in [-0.15, -0.1) is 0 Å². The number of benzene rings is 10. The summed E-state index contributed by atoms with van der Waals surface area (Å²) >= 11 is 0. The lowest BCUT2D eigenvalue weighted by atomic mass is 9.84. The van der Waals surface area contributed by atoms with Gasteiger partial charge in [0.2, 0.25) is 0 Å². The van der Waals surface area contributed by atoms with Crippen molar-refractivity contribution < 1.29 is 4.42 Å². The van der Waals surface area contributed by atoms with Gasteiger partial charge in [0.25, 0.3) is 0 Å². The van der Waals surface area contributed by atoms with Crippen LogP contribution in [0.4, 0.5) is 0 Å². The third-order valence-corrected chi connectivity index (χ3v) is 10.8. The van der Waals surface area contributed by atoms with Crippen LogP contribution in [0.25, 0.3) is 109 Å². The Balaban J connectivity index is 1.13. The van der Waals surface area contributed by atoms with Crippen LogP contribution < -0.4 is 0 Å². The first-order valence-electron chi connectivity index (χ1n) is 17.6. The zero-order valence-corrected chi connectivity index (χ0v) is 27.7. The molecule has 0 fully saturated rings. The Kier molecular flexibility index (Phi) is 6.02. The molecule has 1 aromatic heterocycles. The van der Waals surface area contributed by atoms with Crippen molar-refractivity contribution in [1.29, 1.82) is 0 Å². The van der Waals surface area contributed by atoms with E-state index >= 15 is 0 Å². The van der Waals surface area contributed by atoms with E-state index in [9.17, 15) is 0 Å². The molecule has 0 bridgehead atoms. The molecular formula is C50H30O. The predicted octanol–water partition coefficient (Wildman–Crippen LogP) is 14.4. The van der Waals surface area contributed by atoms with E-state index in [1.54, 1.807) is 0 Å². The maximum absolute atomic E-state index is 6.63. The summed E-state index contributed by atoms with van der Waals surface area (Å²) in [6.45, 7) is 0. The highest BCUT2D eigenvalue weighted by Gasteiger charge is 2.19. The van der Waals surface area contributed by atoms with Crippen molar-refractivity contribution in [2.24, 2.45) is 0 Å². The fourth-order valence-electron chi connectivity index (χ4n) is 8.53. The zero-order chi connectivity index (χ0) is 33.5. The second-order valence-corrected chi connectivity index (χ2v) is 13.6. The van der Waals surface area contributed by atoms with Crippen molar-refractivity contribution in [2.75, 3.05) is 0 Å². The minimum Gasteiger partial charge on any atom is -0.455 e. The molecule has 0 aliphatic rings. The maximum Gasteiger partial charge on any atom is 0.143 e. The molecule has 51 heavy (non-hydrogen) atoms. The van der Waals surface area contributed by atoms with Gasteiger partial charge < -0.3 is 4.42 Å². The largest absolute Gasteiger partial charge is 0.455 e. The number of hydrogen-bond acceptors (Lipinski definition) is 1. The Bertz CT molecular complexity index is 3130. The number of rotatable bonds is 3. The molecule has 11 aromatic rings. The summed E-state index contributed by atoms with van der Waals surface area (Å²) in [5, 5.41) is 14.7. The Morgan fingerprint density at radius 3 is 1.59 bits per heavy atom. The van der Waals surface area contributed by atoms with Crippen molar-refractivity contribution in [3.05, 3.63) is 182 Å². The van der Waals surface area contributed by atoms with Gasteiger partial charge in [-0.05, 0) is 106 Å². The van der Waals surface area contributed by atoms with Crippen molar-refractivity contribution in [3.8, 4) is 33.4 Å². The molecule has 1 nitrogen and oxygen atoms in total. The molecule has 1 heteroatoms. The molecule has 0 radical (unpaired) electrons.